The zero-order valence-electron chi connectivity index (χ0n) is 17.4. The van der Waals surface area contributed by atoms with Gasteiger partial charge in [-0.15, -0.1) is 0 Å². The molecule has 1 aliphatic rings. The number of nitrogens with zero attached hydrogens (tertiary/aromatic N) is 2. The lowest BCUT2D eigenvalue weighted by molar-refractivity contribution is 0.0297. The fourth-order valence-corrected chi connectivity index (χ4v) is 3.02. The van der Waals surface area contributed by atoms with Crippen LogP contribution < -0.4 is 15.5 Å². The lowest BCUT2D eigenvalue weighted by Gasteiger charge is -2.24. The van der Waals surface area contributed by atoms with E-state index >= 15 is 0 Å². The molecule has 9 heteroatoms. The van der Waals surface area contributed by atoms with Crippen LogP contribution in [0.15, 0.2) is 18.2 Å². The maximum absolute atomic E-state index is 13.9. The fourth-order valence-electron chi connectivity index (χ4n) is 3.02. The van der Waals surface area contributed by atoms with Crippen LogP contribution in [0, 0.1) is 11.6 Å². The summed E-state index contributed by atoms with van der Waals surface area (Å²) in [5, 5.41) is 5.61. The van der Waals surface area contributed by atoms with Gasteiger partial charge in [0.15, 0.2) is 0 Å². The van der Waals surface area contributed by atoms with Crippen molar-refractivity contribution in [1.82, 2.24) is 15.5 Å². The molecule has 29 heavy (non-hydrogen) atoms. The molecule has 3 amide bonds. The van der Waals surface area contributed by atoms with Crippen LogP contribution in [0.25, 0.3) is 0 Å². The zero-order valence-corrected chi connectivity index (χ0v) is 17.4. The first-order valence-corrected chi connectivity index (χ1v) is 9.73. The van der Waals surface area contributed by atoms with E-state index in [1.54, 1.807) is 32.7 Å². The Balaban J connectivity index is 1.66. The Morgan fingerprint density at radius 2 is 2.03 bits per heavy atom. The smallest absolute Gasteiger partial charge is 0.410 e. The van der Waals surface area contributed by atoms with E-state index in [-0.39, 0.29) is 12.1 Å². The average molecular weight is 412 g/mol. The summed E-state index contributed by atoms with van der Waals surface area (Å²) in [5.74, 6) is -1.22. The molecular weight excluding hydrogens is 382 g/mol. The second-order valence-corrected chi connectivity index (χ2v) is 8.18. The summed E-state index contributed by atoms with van der Waals surface area (Å²) in [4.78, 5) is 27.2. The molecule has 1 heterocycles. The number of benzene rings is 1. The van der Waals surface area contributed by atoms with Crippen LogP contribution >= 0.6 is 0 Å². The third kappa shape index (κ3) is 7.40. The molecule has 0 aliphatic carbocycles. The van der Waals surface area contributed by atoms with Gasteiger partial charge in [0.1, 0.15) is 17.2 Å². The predicted octanol–water partition coefficient (Wildman–Crippen LogP) is 3.10. The van der Waals surface area contributed by atoms with Crippen molar-refractivity contribution in [3.05, 3.63) is 29.8 Å². The van der Waals surface area contributed by atoms with Gasteiger partial charge in [-0.2, -0.15) is 0 Å². The number of hydrogen-bond donors (Lipinski definition) is 2. The number of rotatable bonds is 6. The molecule has 7 nitrogen and oxygen atoms in total. The number of carbonyl (C=O) groups excluding carboxylic acids is 2. The van der Waals surface area contributed by atoms with Gasteiger partial charge < -0.3 is 25.2 Å². The fraction of sp³-hybridized carbons (Fsp3) is 0.600. The summed E-state index contributed by atoms with van der Waals surface area (Å²) in [6.45, 7) is 7.31. The Bertz CT molecular complexity index is 724. The van der Waals surface area contributed by atoms with Gasteiger partial charge in [0.05, 0.1) is 5.69 Å². The van der Waals surface area contributed by atoms with Crippen molar-refractivity contribution in [3.8, 4) is 0 Å². The van der Waals surface area contributed by atoms with Crippen molar-refractivity contribution in [2.45, 2.75) is 45.3 Å². The second kappa shape index (κ2) is 9.76. The Labute approximate surface area is 170 Å². The second-order valence-electron chi connectivity index (χ2n) is 8.18. The number of carbonyl (C=O) groups is 2. The lowest BCUT2D eigenvalue weighted by Crippen LogP contribution is -2.44. The summed E-state index contributed by atoms with van der Waals surface area (Å²) in [5.41, 5.74) is -0.212. The highest BCUT2D eigenvalue weighted by Gasteiger charge is 2.26. The number of anilines is 1. The number of hydrogen-bond acceptors (Lipinski definition) is 4. The highest BCUT2D eigenvalue weighted by atomic mass is 19.1. The molecule has 1 atom stereocenters. The quantitative estimate of drug-likeness (QED) is 0.705. The van der Waals surface area contributed by atoms with Crippen LogP contribution in [-0.2, 0) is 4.74 Å². The van der Waals surface area contributed by atoms with Crippen LogP contribution in [-0.4, -0.2) is 61.9 Å². The van der Waals surface area contributed by atoms with Crippen molar-refractivity contribution >= 4 is 17.8 Å². The largest absolute Gasteiger partial charge is 0.444 e. The Kier molecular flexibility index (Phi) is 7.64. The molecule has 0 aromatic heterocycles. The van der Waals surface area contributed by atoms with Crippen molar-refractivity contribution in [2.75, 3.05) is 38.1 Å². The maximum atomic E-state index is 13.9. The molecule has 0 spiro atoms. The Morgan fingerprint density at radius 3 is 2.69 bits per heavy atom. The molecule has 162 valence electrons. The summed E-state index contributed by atoms with van der Waals surface area (Å²) >= 11 is 0. The predicted molar refractivity (Wildman–Crippen MR) is 107 cm³/mol. The lowest BCUT2D eigenvalue weighted by atomic mass is 10.2. The van der Waals surface area contributed by atoms with E-state index < -0.39 is 23.3 Å². The third-order valence-corrected chi connectivity index (χ3v) is 4.43. The minimum atomic E-state index is -0.614. The van der Waals surface area contributed by atoms with Gasteiger partial charge in [0, 0.05) is 45.3 Å². The first kappa shape index (κ1) is 22.7. The molecule has 1 aromatic carbocycles. The molecule has 1 aliphatic heterocycles. The molecule has 0 radical (unpaired) electrons. The normalized spacial score (nSPS) is 16.5. The first-order valence-electron chi connectivity index (χ1n) is 9.73. The summed E-state index contributed by atoms with van der Waals surface area (Å²) < 4.78 is 32.2. The van der Waals surface area contributed by atoms with E-state index in [0.29, 0.717) is 44.7 Å². The van der Waals surface area contributed by atoms with Gasteiger partial charge in [-0.3, -0.25) is 0 Å². The molecular formula is C20H30F2N4O3. The van der Waals surface area contributed by atoms with E-state index in [9.17, 15) is 18.4 Å². The van der Waals surface area contributed by atoms with Crippen LogP contribution in [0.5, 0.6) is 0 Å². The zero-order chi connectivity index (χ0) is 21.6. The third-order valence-electron chi connectivity index (χ3n) is 4.43. The molecule has 2 rings (SSSR count). The van der Waals surface area contributed by atoms with E-state index in [2.05, 4.69) is 10.6 Å². The number of halogens is 2. The minimum absolute atomic E-state index is 0.121. The summed E-state index contributed by atoms with van der Waals surface area (Å²) in [6, 6.07) is 3.06. The van der Waals surface area contributed by atoms with E-state index in [0.717, 1.165) is 6.07 Å². The number of amides is 3. The molecule has 1 aromatic rings. The number of nitrogens with one attached hydrogen (secondary N) is 2. The van der Waals surface area contributed by atoms with E-state index in [4.69, 9.17) is 4.74 Å². The first-order chi connectivity index (χ1) is 13.5. The van der Waals surface area contributed by atoms with E-state index in [1.165, 1.54) is 17.0 Å². The molecule has 1 saturated heterocycles. The molecule has 1 unspecified atom stereocenters. The highest BCUT2D eigenvalue weighted by molar-refractivity contribution is 5.74. The SMILES string of the molecule is CN(CCCNC(=O)NC1CCN(c2ccc(F)cc2F)C1)C(=O)OC(C)(C)C. The van der Waals surface area contributed by atoms with Crippen molar-refractivity contribution in [1.29, 1.82) is 0 Å². The minimum Gasteiger partial charge on any atom is -0.444 e. The Hall–Kier alpha value is -2.58. The molecule has 2 N–H and O–H groups in total. The summed E-state index contributed by atoms with van der Waals surface area (Å²) in [6.07, 6.45) is 0.854. The van der Waals surface area contributed by atoms with Crippen LogP contribution in [0.1, 0.15) is 33.6 Å². The van der Waals surface area contributed by atoms with Gasteiger partial charge in [0.25, 0.3) is 0 Å². The maximum Gasteiger partial charge on any atom is 0.410 e. The van der Waals surface area contributed by atoms with Gasteiger partial charge >= 0.3 is 12.1 Å². The Morgan fingerprint density at radius 1 is 1.31 bits per heavy atom. The topological polar surface area (TPSA) is 73.9 Å². The van der Waals surface area contributed by atoms with Gasteiger partial charge in [-0.25, -0.2) is 18.4 Å². The van der Waals surface area contributed by atoms with Gasteiger partial charge in [0.2, 0.25) is 0 Å². The van der Waals surface area contributed by atoms with Crippen LogP contribution in [0.2, 0.25) is 0 Å². The molecule has 0 saturated carbocycles. The van der Waals surface area contributed by atoms with Crippen molar-refractivity contribution in [3.63, 3.8) is 0 Å². The van der Waals surface area contributed by atoms with E-state index in [1.807, 2.05) is 0 Å². The number of urea groups is 1. The number of ether oxygens (including phenoxy) is 1. The highest BCUT2D eigenvalue weighted by Crippen LogP contribution is 2.24. The van der Waals surface area contributed by atoms with Crippen LogP contribution in [0.4, 0.5) is 24.1 Å². The standard InChI is InChI=1S/C20H30F2N4O3/c1-20(2,3)29-19(28)25(4)10-5-9-23-18(27)24-15-8-11-26(13-15)17-7-6-14(21)12-16(17)22/h6-7,12,15H,5,8-11,13H2,1-4H3,(H2,23,24,27). The average Bonchev–Trinajstić information content (AvgIpc) is 3.05. The summed E-state index contributed by atoms with van der Waals surface area (Å²) in [7, 11) is 1.65. The monoisotopic (exact) mass is 412 g/mol. The van der Waals surface area contributed by atoms with Gasteiger partial charge in [-0.05, 0) is 45.7 Å². The molecule has 0 bridgehead atoms. The molecule has 1 fully saturated rings. The van der Waals surface area contributed by atoms with Gasteiger partial charge in [-0.1, -0.05) is 0 Å². The van der Waals surface area contributed by atoms with Crippen molar-refractivity contribution < 1.29 is 23.1 Å². The van der Waals surface area contributed by atoms with Crippen LogP contribution in [0.3, 0.4) is 0 Å². The van der Waals surface area contributed by atoms with Crippen molar-refractivity contribution in [2.24, 2.45) is 0 Å².